The number of halogens is 1. The van der Waals surface area contributed by atoms with Crippen LogP contribution in [0.15, 0.2) is 53.6 Å². The Morgan fingerprint density at radius 1 is 1.10 bits per heavy atom. The average Bonchev–Trinajstić information content (AvgIpc) is 3.00. The molecule has 1 aliphatic rings. The molecule has 8 heteroatoms. The molecule has 1 aliphatic heterocycles. The molecule has 0 bridgehead atoms. The van der Waals surface area contributed by atoms with Crippen molar-refractivity contribution < 1.29 is 13.2 Å². The van der Waals surface area contributed by atoms with E-state index in [2.05, 4.69) is 9.82 Å². The number of hydrogen-bond donors (Lipinski definition) is 1. The van der Waals surface area contributed by atoms with Crippen molar-refractivity contribution >= 4 is 33.2 Å². The van der Waals surface area contributed by atoms with Gasteiger partial charge in [-0.05, 0) is 42.5 Å². The molecule has 160 valence electrons. The molecule has 1 N–H and O–H groups in total. The summed E-state index contributed by atoms with van der Waals surface area (Å²) in [7, 11) is -3.56. The molecule has 0 fully saturated rings. The predicted octanol–water partition coefficient (Wildman–Crippen LogP) is 3.88. The normalized spacial score (nSPS) is 16.8. The van der Waals surface area contributed by atoms with Crippen LogP contribution in [0.4, 0.5) is 0 Å². The first-order valence-electron chi connectivity index (χ1n) is 9.94. The van der Waals surface area contributed by atoms with Gasteiger partial charge in [-0.25, -0.2) is 18.1 Å². The van der Waals surface area contributed by atoms with Crippen molar-refractivity contribution in [1.29, 1.82) is 0 Å². The van der Waals surface area contributed by atoms with Crippen molar-refractivity contribution in [3.63, 3.8) is 0 Å². The van der Waals surface area contributed by atoms with Crippen LogP contribution in [0.1, 0.15) is 36.5 Å². The van der Waals surface area contributed by atoms with Gasteiger partial charge in [-0.2, -0.15) is 5.10 Å². The summed E-state index contributed by atoms with van der Waals surface area (Å²) in [6.07, 6.45) is 1.02. The molecule has 0 radical (unpaired) electrons. The highest BCUT2D eigenvalue weighted by Gasteiger charge is 2.34. The van der Waals surface area contributed by atoms with Crippen LogP contribution in [-0.2, 0) is 27.1 Å². The Morgan fingerprint density at radius 3 is 2.43 bits per heavy atom. The first-order valence-corrected chi connectivity index (χ1v) is 12.0. The molecule has 2 aromatic rings. The van der Waals surface area contributed by atoms with Crippen LogP contribution < -0.4 is 4.72 Å². The van der Waals surface area contributed by atoms with E-state index in [-0.39, 0.29) is 18.2 Å². The molecule has 0 spiro atoms. The lowest BCUT2D eigenvalue weighted by molar-refractivity contribution is -0.132. The van der Waals surface area contributed by atoms with E-state index in [1.807, 2.05) is 38.1 Å². The Balaban J connectivity index is 1.59. The van der Waals surface area contributed by atoms with Gasteiger partial charge in [0.05, 0.1) is 23.9 Å². The summed E-state index contributed by atoms with van der Waals surface area (Å²) in [5.74, 6) is -0.679. The van der Waals surface area contributed by atoms with Gasteiger partial charge in [0.1, 0.15) is 0 Å². The van der Waals surface area contributed by atoms with E-state index in [4.69, 9.17) is 11.6 Å². The minimum Gasteiger partial charge on any atom is -0.272 e. The van der Waals surface area contributed by atoms with Gasteiger partial charge in [0, 0.05) is 11.6 Å². The number of hydrogen-bond acceptors (Lipinski definition) is 4. The van der Waals surface area contributed by atoms with Crippen LogP contribution in [0, 0.1) is 12.8 Å². The maximum Gasteiger partial charge on any atom is 0.251 e. The Morgan fingerprint density at radius 2 is 1.77 bits per heavy atom. The molecule has 30 heavy (non-hydrogen) atoms. The van der Waals surface area contributed by atoms with Crippen LogP contribution in [0.3, 0.4) is 0 Å². The second-order valence-electron chi connectivity index (χ2n) is 7.35. The highest BCUT2D eigenvalue weighted by atomic mass is 35.5. The number of nitrogens with one attached hydrogen (secondary N) is 1. The van der Waals surface area contributed by atoms with Gasteiger partial charge < -0.3 is 0 Å². The number of rotatable bonds is 9. The predicted molar refractivity (Wildman–Crippen MR) is 120 cm³/mol. The minimum absolute atomic E-state index is 0.0830. The minimum atomic E-state index is -3.56. The quantitative estimate of drug-likeness (QED) is 0.633. The Bertz CT molecular complexity index is 1050. The van der Waals surface area contributed by atoms with Crippen LogP contribution in [0.5, 0.6) is 0 Å². The van der Waals surface area contributed by atoms with E-state index in [1.165, 1.54) is 5.01 Å². The van der Waals surface area contributed by atoms with E-state index in [9.17, 15) is 13.2 Å². The van der Waals surface area contributed by atoms with Crippen LogP contribution in [0.2, 0.25) is 5.02 Å². The largest absolute Gasteiger partial charge is 0.272 e. The molecule has 1 amide bonds. The smallest absolute Gasteiger partial charge is 0.251 e. The van der Waals surface area contributed by atoms with Crippen molar-refractivity contribution in [3.05, 3.63) is 70.2 Å². The molecular weight excluding hydrogens is 422 g/mol. The fraction of sp³-hybridized carbons (Fsp3) is 0.364. The Hall–Kier alpha value is -2.22. The third-order valence-corrected chi connectivity index (χ3v) is 6.91. The highest BCUT2D eigenvalue weighted by Crippen LogP contribution is 2.24. The van der Waals surface area contributed by atoms with Crippen LogP contribution >= 0.6 is 11.6 Å². The Labute approximate surface area is 183 Å². The third kappa shape index (κ3) is 5.47. The molecule has 6 nitrogen and oxygen atoms in total. The number of carbonyl (C=O) groups is 1. The topological polar surface area (TPSA) is 78.8 Å². The SMILES string of the molecule is CCC1=NN(Cc2ccccc2C)C(=O)C1CCNS(=O)(=O)Cc1ccccc1Cl. The summed E-state index contributed by atoms with van der Waals surface area (Å²) in [4.78, 5) is 12.9. The summed E-state index contributed by atoms with van der Waals surface area (Å²) < 4.78 is 27.4. The lowest BCUT2D eigenvalue weighted by Gasteiger charge is -2.16. The summed E-state index contributed by atoms with van der Waals surface area (Å²) in [5.41, 5.74) is 3.49. The van der Waals surface area contributed by atoms with E-state index in [0.717, 1.165) is 16.8 Å². The molecular formula is C22H26ClN3O3S. The van der Waals surface area contributed by atoms with E-state index in [1.54, 1.807) is 24.3 Å². The van der Waals surface area contributed by atoms with Crippen molar-refractivity contribution in [1.82, 2.24) is 9.73 Å². The van der Waals surface area contributed by atoms with Gasteiger partial charge in [0.15, 0.2) is 0 Å². The second-order valence-corrected chi connectivity index (χ2v) is 9.57. The summed E-state index contributed by atoms with van der Waals surface area (Å²) in [5, 5.41) is 6.43. The number of sulfonamides is 1. The maximum absolute atomic E-state index is 12.9. The number of hydrazone groups is 1. The summed E-state index contributed by atoms with van der Waals surface area (Å²) in [6.45, 7) is 4.55. The highest BCUT2D eigenvalue weighted by molar-refractivity contribution is 7.88. The lowest BCUT2D eigenvalue weighted by Crippen LogP contribution is -2.32. The molecule has 2 aromatic carbocycles. The van der Waals surface area contributed by atoms with Crippen LogP contribution in [0.25, 0.3) is 0 Å². The molecule has 0 saturated heterocycles. The standard InChI is InChI=1S/C22H26ClN3O3S/c1-3-21-19(22(27)26(25-21)14-17-9-5-4-8-16(17)2)12-13-24-30(28,29)15-18-10-6-7-11-20(18)23/h4-11,19,24H,3,12-15H2,1-2H3. The summed E-state index contributed by atoms with van der Waals surface area (Å²) >= 11 is 6.06. The molecule has 1 unspecified atom stereocenters. The van der Waals surface area contributed by atoms with Gasteiger partial charge in [-0.1, -0.05) is 61.0 Å². The second kappa shape index (κ2) is 9.73. The van der Waals surface area contributed by atoms with E-state index < -0.39 is 15.9 Å². The number of benzene rings is 2. The fourth-order valence-corrected chi connectivity index (χ4v) is 4.97. The van der Waals surface area contributed by atoms with Gasteiger partial charge in [0.25, 0.3) is 5.91 Å². The molecule has 0 saturated carbocycles. The fourth-order valence-electron chi connectivity index (χ4n) is 3.50. The van der Waals surface area contributed by atoms with Gasteiger partial charge in [-0.15, -0.1) is 0 Å². The first-order chi connectivity index (χ1) is 14.3. The zero-order valence-corrected chi connectivity index (χ0v) is 18.7. The number of amides is 1. The maximum atomic E-state index is 12.9. The van der Waals surface area contributed by atoms with Crippen molar-refractivity contribution in [2.24, 2.45) is 11.0 Å². The number of nitrogens with zero attached hydrogens (tertiary/aromatic N) is 2. The lowest BCUT2D eigenvalue weighted by atomic mass is 9.97. The van der Waals surface area contributed by atoms with Gasteiger partial charge in [-0.3, -0.25) is 4.79 Å². The third-order valence-electron chi connectivity index (χ3n) is 5.21. The van der Waals surface area contributed by atoms with Crippen LogP contribution in [-0.4, -0.2) is 31.6 Å². The molecule has 0 aromatic heterocycles. The molecule has 1 heterocycles. The molecule has 1 atom stereocenters. The molecule has 0 aliphatic carbocycles. The van der Waals surface area contributed by atoms with Gasteiger partial charge in [0.2, 0.25) is 10.0 Å². The molecule has 3 rings (SSSR count). The zero-order valence-electron chi connectivity index (χ0n) is 17.1. The number of carbonyl (C=O) groups excluding carboxylic acids is 1. The monoisotopic (exact) mass is 447 g/mol. The zero-order chi connectivity index (χ0) is 21.7. The number of aryl methyl sites for hydroxylation is 1. The average molecular weight is 448 g/mol. The van der Waals surface area contributed by atoms with E-state index in [0.29, 0.717) is 30.0 Å². The van der Waals surface area contributed by atoms with E-state index >= 15 is 0 Å². The van der Waals surface area contributed by atoms with Crippen molar-refractivity contribution in [3.8, 4) is 0 Å². The van der Waals surface area contributed by atoms with Crippen molar-refractivity contribution in [2.45, 2.75) is 39.0 Å². The Kier molecular flexibility index (Phi) is 7.28. The van der Waals surface area contributed by atoms with Gasteiger partial charge >= 0.3 is 0 Å². The van der Waals surface area contributed by atoms with Crippen molar-refractivity contribution in [2.75, 3.05) is 6.54 Å². The first kappa shape index (κ1) is 22.5. The summed E-state index contributed by atoms with van der Waals surface area (Å²) in [6, 6.07) is 14.8.